The minimum absolute atomic E-state index is 0.0458. The molecule has 0 amide bonds. The van der Waals surface area contributed by atoms with Crippen molar-refractivity contribution in [2.45, 2.75) is 44.8 Å². The quantitative estimate of drug-likeness (QED) is 0.605. The molecule has 2 aliphatic carbocycles. The topological polar surface area (TPSA) is 87.0 Å². The van der Waals surface area contributed by atoms with Gasteiger partial charge in [0, 0.05) is 24.2 Å². The first kappa shape index (κ1) is 14.0. The van der Waals surface area contributed by atoms with Crippen molar-refractivity contribution in [2.75, 3.05) is 13.2 Å². The summed E-state index contributed by atoms with van der Waals surface area (Å²) in [5, 5.41) is 31.0. The molecule has 0 spiro atoms. The minimum Gasteiger partial charge on any atom is -0.458 e. The highest BCUT2D eigenvalue weighted by molar-refractivity contribution is 5.92. The van der Waals surface area contributed by atoms with Crippen molar-refractivity contribution in [2.24, 2.45) is 17.3 Å². The van der Waals surface area contributed by atoms with E-state index in [0.717, 1.165) is 0 Å². The van der Waals surface area contributed by atoms with Crippen molar-refractivity contribution < 1.29 is 24.9 Å². The molecule has 5 atom stereocenters. The molecule has 0 radical (unpaired) electrons. The second-order valence-corrected chi connectivity index (χ2v) is 7.21. The number of carbonyl (C=O) groups is 1. The predicted octanol–water partition coefficient (Wildman–Crippen LogP) is 0.380. The molecule has 0 aromatic carbocycles. The Labute approximate surface area is 118 Å². The largest absolute Gasteiger partial charge is 0.458 e. The number of fused-ring (bicyclic) bond motifs is 1. The average Bonchev–Trinajstić information content (AvgIpc) is 2.90. The molecule has 5 nitrogen and oxygen atoms in total. The molecule has 0 saturated heterocycles. The summed E-state index contributed by atoms with van der Waals surface area (Å²) in [7, 11) is 0. The summed E-state index contributed by atoms with van der Waals surface area (Å²) in [6, 6.07) is 0. The maximum atomic E-state index is 11.8. The van der Waals surface area contributed by atoms with Crippen LogP contribution in [-0.2, 0) is 9.53 Å². The van der Waals surface area contributed by atoms with Crippen LogP contribution in [0.2, 0.25) is 0 Å². The number of esters is 1. The van der Waals surface area contributed by atoms with Gasteiger partial charge >= 0.3 is 5.97 Å². The molecule has 3 N–H and O–H groups in total. The number of rotatable bonds is 1. The lowest BCUT2D eigenvalue weighted by molar-refractivity contribution is -0.137. The van der Waals surface area contributed by atoms with Crippen LogP contribution in [0.1, 0.15) is 33.1 Å². The van der Waals surface area contributed by atoms with Crippen molar-refractivity contribution in [3.05, 3.63) is 11.1 Å². The lowest BCUT2D eigenvalue weighted by atomic mass is 9.78. The van der Waals surface area contributed by atoms with Gasteiger partial charge in [-0.15, -0.1) is 0 Å². The second kappa shape index (κ2) is 4.29. The number of hydrogen-bond acceptors (Lipinski definition) is 5. The van der Waals surface area contributed by atoms with Crippen molar-refractivity contribution in [1.82, 2.24) is 0 Å². The van der Waals surface area contributed by atoms with E-state index in [9.17, 15) is 20.1 Å². The first-order chi connectivity index (χ1) is 9.27. The third-order valence-electron chi connectivity index (χ3n) is 5.43. The molecule has 1 aliphatic heterocycles. The summed E-state index contributed by atoms with van der Waals surface area (Å²) in [6.45, 7) is 3.88. The first-order valence-corrected chi connectivity index (χ1v) is 7.18. The third-order valence-corrected chi connectivity index (χ3v) is 5.43. The summed E-state index contributed by atoms with van der Waals surface area (Å²) in [6.07, 6.45) is 0.773. The summed E-state index contributed by atoms with van der Waals surface area (Å²) in [5.41, 5.74) is -0.256. The molecule has 1 saturated carbocycles. The number of carbonyl (C=O) groups excluding carboxylic acids is 1. The van der Waals surface area contributed by atoms with Gasteiger partial charge in [0.25, 0.3) is 0 Å². The van der Waals surface area contributed by atoms with Gasteiger partial charge in [0.1, 0.15) is 6.61 Å². The van der Waals surface area contributed by atoms with Gasteiger partial charge in [-0.05, 0) is 37.0 Å². The van der Waals surface area contributed by atoms with E-state index in [0.29, 0.717) is 24.0 Å². The van der Waals surface area contributed by atoms with E-state index in [1.54, 1.807) is 6.92 Å². The monoisotopic (exact) mass is 282 g/mol. The number of hydrogen-bond donors (Lipinski definition) is 3. The normalized spacial score (nSPS) is 47.9. The van der Waals surface area contributed by atoms with E-state index in [1.165, 1.54) is 0 Å². The number of ether oxygens (including phenoxy) is 1. The van der Waals surface area contributed by atoms with E-state index in [1.807, 2.05) is 6.92 Å². The fourth-order valence-electron chi connectivity index (χ4n) is 4.26. The van der Waals surface area contributed by atoms with Gasteiger partial charge < -0.3 is 20.1 Å². The second-order valence-electron chi connectivity index (χ2n) is 7.21. The molecular formula is C15H22O5. The summed E-state index contributed by atoms with van der Waals surface area (Å²) in [4.78, 5) is 11.8. The van der Waals surface area contributed by atoms with Crippen LogP contribution >= 0.6 is 0 Å². The molecule has 1 heterocycles. The Morgan fingerprint density at radius 2 is 2.05 bits per heavy atom. The Morgan fingerprint density at radius 1 is 1.35 bits per heavy atom. The van der Waals surface area contributed by atoms with Gasteiger partial charge in [0.05, 0.1) is 11.7 Å². The number of aliphatic hydroxyl groups is 3. The van der Waals surface area contributed by atoms with Gasteiger partial charge in [0.15, 0.2) is 0 Å². The zero-order valence-electron chi connectivity index (χ0n) is 11.9. The van der Waals surface area contributed by atoms with Gasteiger partial charge in [-0.2, -0.15) is 0 Å². The summed E-state index contributed by atoms with van der Waals surface area (Å²) in [5.74, 6) is -0.665. The molecule has 1 fully saturated rings. The molecule has 0 aromatic heterocycles. The Morgan fingerprint density at radius 3 is 2.70 bits per heavy atom. The maximum Gasteiger partial charge on any atom is 0.334 e. The van der Waals surface area contributed by atoms with Crippen LogP contribution in [0.25, 0.3) is 0 Å². The lowest BCUT2D eigenvalue weighted by Crippen LogP contribution is -2.39. The highest BCUT2D eigenvalue weighted by atomic mass is 16.5. The zero-order chi connectivity index (χ0) is 14.7. The zero-order valence-corrected chi connectivity index (χ0v) is 11.9. The van der Waals surface area contributed by atoms with Crippen LogP contribution < -0.4 is 0 Å². The fraction of sp³-hybridized carbons (Fsp3) is 0.800. The average molecular weight is 282 g/mol. The van der Waals surface area contributed by atoms with Crippen LogP contribution in [-0.4, -0.2) is 46.2 Å². The predicted molar refractivity (Wildman–Crippen MR) is 70.6 cm³/mol. The molecule has 3 rings (SSSR count). The standard InChI is InChI=1S/C15H22O5/c1-14(7-16)3-9-11(5-14)15(2,19)4-8-10(12(9)17)6-20-13(8)18/h9,11-12,16-17,19H,3-7H2,1-2H3/t9-,11+,12-,14-,15+/m0/s1. The third kappa shape index (κ3) is 1.91. The molecule has 5 heteroatoms. The highest BCUT2D eigenvalue weighted by Crippen LogP contribution is 2.55. The lowest BCUT2D eigenvalue weighted by Gasteiger charge is -2.34. The van der Waals surface area contributed by atoms with Crippen LogP contribution in [0.3, 0.4) is 0 Å². The SMILES string of the molecule is C[C@]1(CO)C[C@@H]2[C@H](O)C3=C(C[C@@](C)(O)[C@@H]2C1)C(=O)OC3. The van der Waals surface area contributed by atoms with Crippen LogP contribution in [0.4, 0.5) is 0 Å². The van der Waals surface area contributed by atoms with Gasteiger partial charge in [-0.1, -0.05) is 6.92 Å². The minimum atomic E-state index is -1.06. The van der Waals surface area contributed by atoms with Crippen molar-refractivity contribution in [1.29, 1.82) is 0 Å². The van der Waals surface area contributed by atoms with Crippen molar-refractivity contribution in [3.8, 4) is 0 Å². The maximum absolute atomic E-state index is 11.8. The van der Waals surface area contributed by atoms with Crippen LogP contribution in [0.15, 0.2) is 11.1 Å². The summed E-state index contributed by atoms with van der Waals surface area (Å²) < 4.78 is 5.01. The Kier molecular flexibility index (Phi) is 3.01. The Hall–Kier alpha value is -0.910. The fourth-order valence-corrected chi connectivity index (χ4v) is 4.26. The Balaban J connectivity index is 2.01. The van der Waals surface area contributed by atoms with E-state index in [-0.39, 0.29) is 36.9 Å². The first-order valence-electron chi connectivity index (χ1n) is 7.18. The van der Waals surface area contributed by atoms with Gasteiger partial charge in [-0.3, -0.25) is 0 Å². The van der Waals surface area contributed by atoms with E-state index < -0.39 is 17.7 Å². The molecule has 3 aliphatic rings. The smallest absolute Gasteiger partial charge is 0.334 e. The van der Waals surface area contributed by atoms with Crippen LogP contribution in [0, 0.1) is 17.3 Å². The van der Waals surface area contributed by atoms with E-state index in [2.05, 4.69) is 0 Å². The van der Waals surface area contributed by atoms with Crippen molar-refractivity contribution in [3.63, 3.8) is 0 Å². The molecule has 112 valence electrons. The molecule has 0 unspecified atom stereocenters. The number of cyclic esters (lactones) is 1. The van der Waals surface area contributed by atoms with Crippen LogP contribution in [0.5, 0.6) is 0 Å². The molecular weight excluding hydrogens is 260 g/mol. The van der Waals surface area contributed by atoms with E-state index >= 15 is 0 Å². The molecule has 0 bridgehead atoms. The van der Waals surface area contributed by atoms with Gasteiger partial charge in [-0.25, -0.2) is 4.79 Å². The molecule has 0 aromatic rings. The molecule has 20 heavy (non-hydrogen) atoms. The Bertz CT molecular complexity index is 481. The van der Waals surface area contributed by atoms with Gasteiger partial charge in [0.2, 0.25) is 0 Å². The highest BCUT2D eigenvalue weighted by Gasteiger charge is 2.55. The summed E-state index contributed by atoms with van der Waals surface area (Å²) >= 11 is 0. The number of aliphatic hydroxyl groups excluding tert-OH is 2. The van der Waals surface area contributed by atoms with E-state index in [4.69, 9.17) is 4.74 Å². The van der Waals surface area contributed by atoms with Crippen molar-refractivity contribution >= 4 is 5.97 Å².